The predicted octanol–water partition coefficient (Wildman–Crippen LogP) is 3.16. The molecule has 0 fully saturated rings. The van der Waals surface area contributed by atoms with Crippen LogP contribution in [0.3, 0.4) is 0 Å². The number of carboxylic acid groups (broad SMARTS) is 1. The first-order chi connectivity index (χ1) is 13.8. The third-order valence-corrected chi connectivity index (χ3v) is 5.16. The van der Waals surface area contributed by atoms with Crippen LogP contribution in [0.25, 0.3) is 11.1 Å². The largest absolute Gasteiger partial charge is 0.479 e. The van der Waals surface area contributed by atoms with Crippen molar-refractivity contribution in [2.45, 2.75) is 10.9 Å². The molecule has 7 nitrogen and oxygen atoms in total. The first kappa shape index (κ1) is 20.2. The van der Waals surface area contributed by atoms with E-state index in [1.807, 2.05) is 0 Å². The molecule has 1 amide bonds. The lowest BCUT2D eigenvalue weighted by Gasteiger charge is -2.15. The second-order valence-electron chi connectivity index (χ2n) is 6.23. The van der Waals surface area contributed by atoms with Crippen LogP contribution in [0.1, 0.15) is 22.0 Å². The highest BCUT2D eigenvalue weighted by atomic mass is 32.2. The van der Waals surface area contributed by atoms with Gasteiger partial charge in [0.2, 0.25) is 0 Å². The van der Waals surface area contributed by atoms with E-state index in [0.717, 1.165) is 0 Å². The maximum Gasteiger partial charge on any atom is 0.330 e. The Morgan fingerprint density at radius 3 is 1.79 bits per heavy atom. The van der Waals surface area contributed by atoms with E-state index in [4.69, 9.17) is 4.55 Å². The molecule has 0 saturated carbocycles. The van der Waals surface area contributed by atoms with Gasteiger partial charge in [0.15, 0.2) is 6.04 Å². The van der Waals surface area contributed by atoms with E-state index >= 15 is 0 Å². The van der Waals surface area contributed by atoms with E-state index in [2.05, 4.69) is 5.32 Å². The molecule has 0 spiro atoms. The molecule has 3 rings (SSSR count). The van der Waals surface area contributed by atoms with E-state index in [0.29, 0.717) is 22.3 Å². The van der Waals surface area contributed by atoms with Gasteiger partial charge in [-0.05, 0) is 41.0 Å². The third-order valence-electron chi connectivity index (χ3n) is 4.29. The lowest BCUT2D eigenvalue weighted by atomic mass is 10.0. The molecule has 3 N–H and O–H groups in total. The van der Waals surface area contributed by atoms with Crippen LogP contribution in [0.15, 0.2) is 83.8 Å². The Balaban J connectivity index is 1.81. The Morgan fingerprint density at radius 2 is 1.31 bits per heavy atom. The van der Waals surface area contributed by atoms with E-state index in [1.165, 1.54) is 24.3 Å². The van der Waals surface area contributed by atoms with Crippen molar-refractivity contribution in [3.63, 3.8) is 0 Å². The standard InChI is InChI=1S/C21H17NO6S/c23-20(17-4-2-1-3-5-17)22-19(21(24)25)16-8-6-14(7-9-16)15-10-12-18(13-11-15)29(26,27)28/h1-13,19H,(H,22,23)(H,24,25)(H,26,27,28). The quantitative estimate of drug-likeness (QED) is 0.536. The summed E-state index contributed by atoms with van der Waals surface area (Å²) in [7, 11) is -4.27. The Morgan fingerprint density at radius 1 is 0.793 bits per heavy atom. The van der Waals surface area contributed by atoms with Gasteiger partial charge < -0.3 is 10.4 Å². The van der Waals surface area contributed by atoms with Gasteiger partial charge in [0.05, 0.1) is 4.90 Å². The summed E-state index contributed by atoms with van der Waals surface area (Å²) in [6.07, 6.45) is 0. The van der Waals surface area contributed by atoms with Crippen LogP contribution in [0.4, 0.5) is 0 Å². The SMILES string of the molecule is O=C(NC(C(=O)O)c1ccc(-c2ccc(S(=O)(=O)O)cc2)cc1)c1ccccc1. The minimum absolute atomic E-state index is 0.215. The maximum absolute atomic E-state index is 12.3. The summed E-state index contributed by atoms with van der Waals surface area (Å²) >= 11 is 0. The van der Waals surface area contributed by atoms with Crippen LogP contribution in [-0.4, -0.2) is 30.0 Å². The van der Waals surface area contributed by atoms with Crippen LogP contribution < -0.4 is 5.32 Å². The number of nitrogens with one attached hydrogen (secondary N) is 1. The molecule has 29 heavy (non-hydrogen) atoms. The monoisotopic (exact) mass is 411 g/mol. The van der Waals surface area contributed by atoms with Gasteiger partial charge in [-0.3, -0.25) is 9.35 Å². The molecular formula is C21H17NO6S. The highest BCUT2D eigenvalue weighted by Crippen LogP contribution is 2.24. The predicted molar refractivity (Wildman–Crippen MR) is 106 cm³/mol. The highest BCUT2D eigenvalue weighted by Gasteiger charge is 2.22. The van der Waals surface area contributed by atoms with Crippen LogP contribution >= 0.6 is 0 Å². The van der Waals surface area contributed by atoms with E-state index in [9.17, 15) is 23.1 Å². The Labute approximate surface area is 167 Å². The molecule has 0 aromatic heterocycles. The molecule has 1 atom stereocenters. The average Bonchev–Trinajstić information content (AvgIpc) is 2.72. The number of carboxylic acids is 1. The number of carbonyl (C=O) groups is 2. The lowest BCUT2D eigenvalue weighted by Crippen LogP contribution is -2.33. The number of aliphatic carboxylic acids is 1. The highest BCUT2D eigenvalue weighted by molar-refractivity contribution is 7.85. The average molecular weight is 411 g/mol. The van der Waals surface area contributed by atoms with Gasteiger partial charge in [0.25, 0.3) is 16.0 Å². The van der Waals surface area contributed by atoms with Crippen LogP contribution in [0.5, 0.6) is 0 Å². The smallest absolute Gasteiger partial charge is 0.330 e. The van der Waals surface area contributed by atoms with Crippen molar-refractivity contribution in [2.75, 3.05) is 0 Å². The molecule has 0 aliphatic heterocycles. The first-order valence-corrected chi connectivity index (χ1v) is 9.96. The zero-order valence-electron chi connectivity index (χ0n) is 15.0. The maximum atomic E-state index is 12.3. The van der Waals surface area contributed by atoms with Gasteiger partial charge in [-0.2, -0.15) is 8.42 Å². The summed E-state index contributed by atoms with van der Waals surface area (Å²) in [6.45, 7) is 0. The van der Waals surface area contributed by atoms with Gasteiger partial charge >= 0.3 is 5.97 Å². The molecule has 8 heteroatoms. The Bertz CT molecular complexity index is 1120. The lowest BCUT2D eigenvalue weighted by molar-refractivity contribution is -0.139. The molecule has 148 valence electrons. The van der Waals surface area contributed by atoms with Gasteiger partial charge in [-0.25, -0.2) is 4.79 Å². The van der Waals surface area contributed by atoms with Crippen LogP contribution in [0, 0.1) is 0 Å². The topological polar surface area (TPSA) is 121 Å². The van der Waals surface area contributed by atoms with Crippen molar-refractivity contribution in [3.05, 3.63) is 90.0 Å². The van der Waals surface area contributed by atoms with E-state index in [1.54, 1.807) is 54.6 Å². The van der Waals surface area contributed by atoms with Crippen LogP contribution in [-0.2, 0) is 14.9 Å². The zero-order valence-corrected chi connectivity index (χ0v) is 15.8. The summed E-state index contributed by atoms with van der Waals surface area (Å²) in [6, 6.07) is 19.2. The van der Waals surface area contributed by atoms with Gasteiger partial charge in [-0.15, -0.1) is 0 Å². The van der Waals surface area contributed by atoms with Gasteiger partial charge in [0.1, 0.15) is 0 Å². The van der Waals surface area contributed by atoms with E-state index in [-0.39, 0.29) is 4.90 Å². The first-order valence-electron chi connectivity index (χ1n) is 8.52. The van der Waals surface area contributed by atoms with Crippen LogP contribution in [0.2, 0.25) is 0 Å². The minimum Gasteiger partial charge on any atom is -0.479 e. The number of amides is 1. The van der Waals surface area contributed by atoms with Gasteiger partial charge in [-0.1, -0.05) is 54.6 Å². The number of benzene rings is 3. The number of hydrogen-bond acceptors (Lipinski definition) is 4. The molecule has 0 aliphatic rings. The van der Waals surface area contributed by atoms with Crippen molar-refractivity contribution in [1.82, 2.24) is 5.32 Å². The minimum atomic E-state index is -4.27. The van der Waals surface area contributed by atoms with Crippen molar-refractivity contribution in [1.29, 1.82) is 0 Å². The fourth-order valence-electron chi connectivity index (χ4n) is 2.78. The number of carbonyl (C=O) groups excluding carboxylic acids is 1. The molecule has 3 aromatic rings. The zero-order chi connectivity index (χ0) is 21.0. The second-order valence-corrected chi connectivity index (χ2v) is 7.65. The number of hydrogen-bond donors (Lipinski definition) is 3. The fraction of sp³-hybridized carbons (Fsp3) is 0.0476. The summed E-state index contributed by atoms with van der Waals surface area (Å²) in [5.41, 5.74) is 2.15. The third kappa shape index (κ3) is 4.87. The molecular weight excluding hydrogens is 394 g/mol. The van der Waals surface area contributed by atoms with Gasteiger partial charge in [0, 0.05) is 5.56 Å². The van der Waals surface area contributed by atoms with Crippen molar-refractivity contribution >= 4 is 22.0 Å². The van der Waals surface area contributed by atoms with Crippen molar-refractivity contribution < 1.29 is 27.7 Å². The molecule has 0 radical (unpaired) electrons. The number of rotatable bonds is 6. The Kier molecular flexibility index (Phi) is 5.76. The summed E-state index contributed by atoms with van der Waals surface area (Å²) in [4.78, 5) is 23.7. The molecule has 0 aliphatic carbocycles. The molecule has 0 saturated heterocycles. The molecule has 3 aromatic carbocycles. The summed E-state index contributed by atoms with van der Waals surface area (Å²) < 4.78 is 31.3. The summed E-state index contributed by atoms with van der Waals surface area (Å²) in [5, 5.41) is 12.0. The Hall–Kier alpha value is -3.49. The van der Waals surface area contributed by atoms with Crippen molar-refractivity contribution in [2.24, 2.45) is 0 Å². The van der Waals surface area contributed by atoms with Crippen molar-refractivity contribution in [3.8, 4) is 11.1 Å². The fourth-order valence-corrected chi connectivity index (χ4v) is 3.26. The molecule has 0 heterocycles. The second kappa shape index (κ2) is 8.26. The van der Waals surface area contributed by atoms with E-state index < -0.39 is 28.0 Å². The molecule has 1 unspecified atom stereocenters. The normalized spacial score (nSPS) is 12.2. The molecule has 0 bridgehead atoms. The summed E-state index contributed by atoms with van der Waals surface area (Å²) in [5.74, 6) is -1.69.